The van der Waals surface area contributed by atoms with E-state index in [4.69, 9.17) is 4.74 Å². The van der Waals surface area contributed by atoms with Gasteiger partial charge in [-0.15, -0.1) is 0 Å². The highest BCUT2D eigenvalue weighted by molar-refractivity contribution is 5.76. The molecular weight excluding hydrogens is 767 g/mol. The first-order valence-electron chi connectivity index (χ1n) is 27.9. The van der Waals surface area contributed by atoms with Crippen molar-refractivity contribution in [1.29, 1.82) is 0 Å². The Bertz CT molecular complexity index is 924. The van der Waals surface area contributed by atoms with Gasteiger partial charge in [0.05, 0.1) is 25.4 Å². The fraction of sp³-hybridized carbons (Fsp3) is 0.929. The summed E-state index contributed by atoms with van der Waals surface area (Å²) in [7, 11) is 0. The van der Waals surface area contributed by atoms with Crippen LogP contribution in [-0.4, -0.2) is 47.4 Å². The van der Waals surface area contributed by atoms with Gasteiger partial charge in [-0.25, -0.2) is 0 Å². The average molecular weight is 876 g/mol. The van der Waals surface area contributed by atoms with Crippen molar-refractivity contribution >= 4 is 11.9 Å². The molecule has 2 atom stereocenters. The minimum atomic E-state index is -0.667. The van der Waals surface area contributed by atoms with Crippen LogP contribution in [-0.2, 0) is 14.3 Å². The predicted molar refractivity (Wildman–Crippen MR) is 269 cm³/mol. The number of amides is 1. The Kier molecular flexibility index (Phi) is 51.0. The SMILES string of the molecule is CCCCCCCCCCCCCCCCCCC(=O)OCCCCCCCCCC/C=C\CCCCCCCCCC(=O)NC(CO)C(O)CCCCCCCCCCCC. The van der Waals surface area contributed by atoms with Gasteiger partial charge in [0.15, 0.2) is 0 Å². The molecule has 0 fully saturated rings. The number of rotatable bonds is 52. The molecule has 0 spiro atoms. The molecule has 62 heavy (non-hydrogen) atoms. The number of nitrogens with one attached hydrogen (secondary N) is 1. The number of unbranched alkanes of at least 4 members (excludes halogenated alkanes) is 39. The van der Waals surface area contributed by atoms with Gasteiger partial charge in [0.2, 0.25) is 5.91 Å². The lowest BCUT2D eigenvalue weighted by Gasteiger charge is -2.22. The fourth-order valence-electron chi connectivity index (χ4n) is 8.75. The number of aliphatic hydroxyl groups excluding tert-OH is 2. The molecule has 0 saturated carbocycles. The highest BCUT2D eigenvalue weighted by Gasteiger charge is 2.20. The van der Waals surface area contributed by atoms with Crippen LogP contribution < -0.4 is 5.32 Å². The minimum Gasteiger partial charge on any atom is -0.466 e. The lowest BCUT2D eigenvalue weighted by Crippen LogP contribution is -2.45. The van der Waals surface area contributed by atoms with Gasteiger partial charge in [0.25, 0.3) is 0 Å². The summed E-state index contributed by atoms with van der Waals surface area (Å²) in [6.45, 7) is 4.94. The first kappa shape index (κ1) is 60.6. The highest BCUT2D eigenvalue weighted by atomic mass is 16.5. The molecule has 6 nitrogen and oxygen atoms in total. The van der Waals surface area contributed by atoms with Gasteiger partial charge in [-0.3, -0.25) is 9.59 Å². The van der Waals surface area contributed by atoms with Gasteiger partial charge in [0, 0.05) is 12.8 Å². The van der Waals surface area contributed by atoms with Crippen molar-refractivity contribution in [3.63, 3.8) is 0 Å². The first-order chi connectivity index (χ1) is 30.5. The number of esters is 1. The number of aliphatic hydroxyl groups is 2. The number of allylic oxidation sites excluding steroid dienone is 2. The molecule has 0 aliphatic rings. The van der Waals surface area contributed by atoms with Gasteiger partial charge in [-0.1, -0.05) is 257 Å². The second kappa shape index (κ2) is 52.2. The maximum atomic E-state index is 12.4. The highest BCUT2D eigenvalue weighted by Crippen LogP contribution is 2.17. The van der Waals surface area contributed by atoms with Crippen molar-refractivity contribution in [3.8, 4) is 0 Å². The standard InChI is InChI=1S/C56H109NO5/c1-3-5-7-9-11-13-15-16-17-24-27-30-34-38-42-46-50-56(61)62-51-47-43-39-35-31-28-25-22-20-18-19-21-23-26-29-33-37-41-45-49-55(60)57-53(52-58)54(59)48-44-40-36-32-14-12-10-8-6-4-2/h18-19,53-54,58-59H,3-17,20-52H2,1-2H3,(H,57,60)/b19-18-. The minimum absolute atomic E-state index is 0.00755. The number of carbonyl (C=O) groups is 2. The quantitative estimate of drug-likeness (QED) is 0.0321. The molecule has 6 heteroatoms. The molecule has 0 saturated heterocycles. The number of ether oxygens (including phenoxy) is 1. The second-order valence-corrected chi connectivity index (χ2v) is 19.3. The van der Waals surface area contributed by atoms with Gasteiger partial charge in [-0.2, -0.15) is 0 Å². The van der Waals surface area contributed by atoms with E-state index < -0.39 is 12.1 Å². The third-order valence-corrected chi connectivity index (χ3v) is 13.1. The van der Waals surface area contributed by atoms with E-state index in [1.165, 1.54) is 238 Å². The molecular formula is C56H109NO5. The number of hydrogen-bond acceptors (Lipinski definition) is 5. The van der Waals surface area contributed by atoms with E-state index in [2.05, 4.69) is 31.3 Å². The molecule has 0 rings (SSSR count). The summed E-state index contributed by atoms with van der Waals surface area (Å²) >= 11 is 0. The van der Waals surface area contributed by atoms with E-state index in [1.54, 1.807) is 0 Å². The van der Waals surface area contributed by atoms with Crippen LogP contribution in [0.3, 0.4) is 0 Å². The zero-order valence-corrected chi connectivity index (χ0v) is 41.9. The molecule has 0 aromatic carbocycles. The molecule has 0 aromatic rings. The van der Waals surface area contributed by atoms with E-state index in [0.29, 0.717) is 25.9 Å². The van der Waals surface area contributed by atoms with Crippen LogP contribution in [0.25, 0.3) is 0 Å². The Morgan fingerprint density at radius 3 is 1.15 bits per heavy atom. The Morgan fingerprint density at radius 1 is 0.435 bits per heavy atom. The Balaban J connectivity index is 3.39. The Labute approximate surface area is 387 Å². The molecule has 0 radical (unpaired) electrons. The second-order valence-electron chi connectivity index (χ2n) is 19.3. The lowest BCUT2D eigenvalue weighted by molar-refractivity contribution is -0.143. The maximum Gasteiger partial charge on any atom is 0.305 e. The van der Waals surface area contributed by atoms with Crippen LogP contribution in [0.1, 0.15) is 309 Å². The maximum absolute atomic E-state index is 12.4. The van der Waals surface area contributed by atoms with Crippen LogP contribution in [0, 0.1) is 0 Å². The Morgan fingerprint density at radius 2 is 0.758 bits per heavy atom. The van der Waals surface area contributed by atoms with Gasteiger partial charge in [-0.05, 0) is 51.4 Å². The summed E-state index contributed by atoms with van der Waals surface area (Å²) in [5.74, 6) is -0.0379. The van der Waals surface area contributed by atoms with Crippen molar-refractivity contribution in [2.45, 2.75) is 321 Å². The van der Waals surface area contributed by atoms with E-state index >= 15 is 0 Å². The molecule has 1 amide bonds. The van der Waals surface area contributed by atoms with Gasteiger partial charge < -0.3 is 20.3 Å². The smallest absolute Gasteiger partial charge is 0.305 e. The molecule has 368 valence electrons. The van der Waals surface area contributed by atoms with Crippen molar-refractivity contribution in [2.75, 3.05) is 13.2 Å². The molecule has 0 bridgehead atoms. The summed E-state index contributed by atoms with van der Waals surface area (Å²) in [6, 6.07) is -0.546. The molecule has 0 heterocycles. The largest absolute Gasteiger partial charge is 0.466 e. The van der Waals surface area contributed by atoms with Crippen LogP contribution in [0.4, 0.5) is 0 Å². The molecule has 0 aliphatic carbocycles. The normalized spacial score (nSPS) is 12.6. The van der Waals surface area contributed by atoms with Crippen LogP contribution in [0.5, 0.6) is 0 Å². The van der Waals surface area contributed by atoms with Crippen LogP contribution in [0.15, 0.2) is 12.2 Å². The third-order valence-electron chi connectivity index (χ3n) is 13.1. The van der Waals surface area contributed by atoms with E-state index in [9.17, 15) is 19.8 Å². The van der Waals surface area contributed by atoms with Gasteiger partial charge in [0.1, 0.15) is 0 Å². The lowest BCUT2D eigenvalue weighted by atomic mass is 10.0. The van der Waals surface area contributed by atoms with E-state index in [0.717, 1.165) is 38.5 Å². The summed E-state index contributed by atoms with van der Waals surface area (Å²) < 4.78 is 5.48. The summed E-state index contributed by atoms with van der Waals surface area (Å²) in [4.78, 5) is 24.5. The number of hydrogen-bond donors (Lipinski definition) is 3. The number of carbonyl (C=O) groups excluding carboxylic acids is 2. The zero-order valence-electron chi connectivity index (χ0n) is 41.9. The predicted octanol–water partition coefficient (Wildman–Crippen LogP) is 16.9. The van der Waals surface area contributed by atoms with Crippen LogP contribution in [0.2, 0.25) is 0 Å². The van der Waals surface area contributed by atoms with E-state index in [1.807, 2.05) is 0 Å². The molecule has 3 N–H and O–H groups in total. The van der Waals surface area contributed by atoms with Crippen molar-refractivity contribution < 1.29 is 24.5 Å². The molecule has 0 aromatic heterocycles. The van der Waals surface area contributed by atoms with E-state index in [-0.39, 0.29) is 18.5 Å². The summed E-state index contributed by atoms with van der Waals surface area (Å²) in [6.07, 6.45) is 60.6. The van der Waals surface area contributed by atoms with Crippen molar-refractivity contribution in [1.82, 2.24) is 5.32 Å². The van der Waals surface area contributed by atoms with Crippen molar-refractivity contribution in [3.05, 3.63) is 12.2 Å². The molecule has 0 aliphatic heterocycles. The van der Waals surface area contributed by atoms with Gasteiger partial charge >= 0.3 is 5.97 Å². The summed E-state index contributed by atoms with van der Waals surface area (Å²) in [5.41, 5.74) is 0. The summed E-state index contributed by atoms with van der Waals surface area (Å²) in [5, 5.41) is 23.1. The topological polar surface area (TPSA) is 95.9 Å². The monoisotopic (exact) mass is 876 g/mol. The first-order valence-corrected chi connectivity index (χ1v) is 27.9. The molecule has 2 unspecified atom stereocenters. The Hall–Kier alpha value is -1.40. The fourth-order valence-corrected chi connectivity index (χ4v) is 8.75. The third kappa shape index (κ3) is 48.1. The zero-order chi connectivity index (χ0) is 45.1. The average Bonchev–Trinajstić information content (AvgIpc) is 3.27. The van der Waals surface area contributed by atoms with Crippen LogP contribution >= 0.6 is 0 Å². The van der Waals surface area contributed by atoms with Crippen molar-refractivity contribution in [2.24, 2.45) is 0 Å².